The predicted octanol–water partition coefficient (Wildman–Crippen LogP) is 7.48. The van der Waals surface area contributed by atoms with E-state index in [-0.39, 0.29) is 16.3 Å². The molecule has 34 heavy (non-hydrogen) atoms. The van der Waals surface area contributed by atoms with Crippen molar-refractivity contribution >= 4 is 89.4 Å². The van der Waals surface area contributed by atoms with Gasteiger partial charge >= 0.3 is 0 Å². The number of aryl methyl sites for hydroxylation is 2. The molecule has 0 aliphatic heterocycles. The number of nitro groups is 1. The molecular weight excluding hydrogens is 539 g/mol. The Labute approximate surface area is 216 Å². The second-order valence-corrected chi connectivity index (χ2v) is 10.6. The van der Waals surface area contributed by atoms with E-state index in [0.29, 0.717) is 17.5 Å². The maximum atomic E-state index is 10.8. The summed E-state index contributed by atoms with van der Waals surface area (Å²) in [6.07, 6.45) is 0. The summed E-state index contributed by atoms with van der Waals surface area (Å²) in [5.74, 6) is 0.630. The molecule has 8 nitrogen and oxygen atoms in total. The second-order valence-electron chi connectivity index (χ2n) is 7.06. The quantitative estimate of drug-likeness (QED) is 0.106. The van der Waals surface area contributed by atoms with Crippen LogP contribution in [0.5, 0.6) is 0 Å². The van der Waals surface area contributed by atoms with Crippen LogP contribution in [-0.4, -0.2) is 24.9 Å². The van der Waals surface area contributed by atoms with Gasteiger partial charge in [-0.05, 0) is 54.7 Å². The van der Waals surface area contributed by atoms with E-state index >= 15 is 0 Å². The minimum atomic E-state index is -0.411. The zero-order valence-corrected chi connectivity index (χ0v) is 21.6. The molecule has 0 aliphatic carbocycles. The lowest BCUT2D eigenvalue weighted by Crippen LogP contribution is -2.03. The number of rotatable bonds is 4. The zero-order valence-electron chi connectivity index (χ0n) is 17.7. The Hall–Kier alpha value is -2.63. The number of nitro benzene ring substituents is 1. The van der Waals surface area contributed by atoms with Crippen LogP contribution >= 0.6 is 57.5 Å². The lowest BCUT2D eigenvalue weighted by Gasteiger charge is -2.07. The molecule has 0 saturated carbocycles. The highest BCUT2D eigenvalue weighted by molar-refractivity contribution is 7.19. The lowest BCUT2D eigenvalue weighted by molar-refractivity contribution is -0.384. The first-order valence-electron chi connectivity index (χ1n) is 9.69. The highest BCUT2D eigenvalue weighted by atomic mass is 35.5. The molecule has 4 heterocycles. The van der Waals surface area contributed by atoms with Crippen LogP contribution in [0.2, 0.25) is 15.7 Å². The molecule has 0 radical (unpaired) electrons. The monoisotopic (exact) mass is 552 g/mol. The van der Waals surface area contributed by atoms with Gasteiger partial charge < -0.3 is 5.32 Å². The van der Waals surface area contributed by atoms with Gasteiger partial charge in [0.2, 0.25) is 10.6 Å². The molecule has 0 unspecified atom stereocenters. The molecule has 174 valence electrons. The molecular formula is C21H15Cl3N6O2S2. The third kappa shape index (κ3) is 5.70. The van der Waals surface area contributed by atoms with E-state index in [2.05, 4.69) is 25.3 Å². The summed E-state index contributed by atoms with van der Waals surface area (Å²) in [5, 5.41) is 16.6. The maximum absolute atomic E-state index is 10.8. The molecule has 0 fully saturated rings. The minimum absolute atomic E-state index is 0.0662. The van der Waals surface area contributed by atoms with Gasteiger partial charge in [0.25, 0.3) is 5.69 Å². The number of benzene rings is 1. The zero-order chi connectivity index (χ0) is 24.4. The van der Waals surface area contributed by atoms with Gasteiger partial charge in [0.15, 0.2) is 0 Å². The summed E-state index contributed by atoms with van der Waals surface area (Å²) in [7, 11) is 0. The molecule has 0 saturated heterocycles. The third-order valence-electron chi connectivity index (χ3n) is 4.51. The van der Waals surface area contributed by atoms with Crippen molar-refractivity contribution in [3.8, 4) is 0 Å². The van der Waals surface area contributed by atoms with Gasteiger partial charge in [-0.1, -0.05) is 23.7 Å². The van der Waals surface area contributed by atoms with E-state index in [1.165, 1.54) is 12.1 Å². The molecule has 0 atom stereocenters. The first-order valence-corrected chi connectivity index (χ1v) is 12.5. The van der Waals surface area contributed by atoms with Crippen molar-refractivity contribution in [1.82, 2.24) is 19.9 Å². The fraction of sp³-hybridized carbons (Fsp3) is 0.143. The first kappa shape index (κ1) is 24.5. The Bertz CT molecular complexity index is 1520. The number of aromatic nitrogens is 4. The molecule has 0 aliphatic rings. The second kappa shape index (κ2) is 10.3. The molecule has 0 bridgehead atoms. The van der Waals surface area contributed by atoms with Crippen molar-refractivity contribution in [2.75, 3.05) is 5.32 Å². The van der Waals surface area contributed by atoms with Crippen molar-refractivity contribution in [3.63, 3.8) is 0 Å². The molecule has 5 rings (SSSR count). The van der Waals surface area contributed by atoms with E-state index in [1.807, 2.05) is 32.0 Å². The van der Waals surface area contributed by atoms with Crippen LogP contribution in [0.1, 0.15) is 15.3 Å². The average Bonchev–Trinajstić information content (AvgIpc) is 3.33. The van der Waals surface area contributed by atoms with Crippen LogP contribution in [0.15, 0.2) is 36.4 Å². The minimum Gasteiger partial charge on any atom is -0.365 e. The normalized spacial score (nSPS) is 10.9. The highest BCUT2D eigenvalue weighted by Gasteiger charge is 2.11. The van der Waals surface area contributed by atoms with Gasteiger partial charge in [0.1, 0.15) is 20.6 Å². The standard InChI is InChI=1S/C14H11ClN4O2S.C7H4Cl2N2S/c1-8-5-11-12(17-14(15)18-13(11)22-8)16-7-9-3-2-4-10(6-9)19(20)21;1-3-2-4-5(8)10-7(9)11-6(4)12-3/h2-6H,7H2,1H3,(H,16,17,18);2H,1H3. The van der Waals surface area contributed by atoms with Crippen molar-refractivity contribution < 1.29 is 4.92 Å². The fourth-order valence-corrected chi connectivity index (χ4v) is 5.62. The van der Waals surface area contributed by atoms with Crippen molar-refractivity contribution in [3.05, 3.63) is 77.6 Å². The van der Waals surface area contributed by atoms with Crippen LogP contribution in [0, 0.1) is 24.0 Å². The SMILES string of the molecule is Cc1cc2c(Cl)nc(Cl)nc2s1.Cc1cc2c(NCc3cccc([N+](=O)[O-])c3)nc(Cl)nc2s1. The molecule has 5 aromatic rings. The van der Waals surface area contributed by atoms with Gasteiger partial charge in [0, 0.05) is 33.8 Å². The number of hydrogen-bond donors (Lipinski definition) is 1. The maximum Gasteiger partial charge on any atom is 0.269 e. The van der Waals surface area contributed by atoms with Crippen LogP contribution in [0.3, 0.4) is 0 Å². The van der Waals surface area contributed by atoms with Gasteiger partial charge in [0.05, 0.1) is 10.3 Å². The number of thiophene rings is 2. The van der Waals surface area contributed by atoms with Crippen LogP contribution < -0.4 is 5.32 Å². The van der Waals surface area contributed by atoms with E-state index in [9.17, 15) is 10.1 Å². The van der Waals surface area contributed by atoms with E-state index in [1.54, 1.807) is 28.7 Å². The molecule has 1 N–H and O–H groups in total. The van der Waals surface area contributed by atoms with Gasteiger partial charge in [-0.2, -0.15) is 0 Å². The van der Waals surface area contributed by atoms with Gasteiger partial charge in [-0.25, -0.2) is 19.9 Å². The first-order chi connectivity index (χ1) is 16.2. The van der Waals surface area contributed by atoms with Crippen molar-refractivity contribution in [2.24, 2.45) is 0 Å². The van der Waals surface area contributed by atoms with E-state index in [4.69, 9.17) is 34.8 Å². The molecule has 0 spiro atoms. The third-order valence-corrected chi connectivity index (χ3v) is 7.03. The number of nitrogens with one attached hydrogen (secondary N) is 1. The number of nitrogens with zero attached hydrogens (tertiary/aromatic N) is 5. The molecule has 1 aromatic carbocycles. The number of fused-ring (bicyclic) bond motifs is 2. The highest BCUT2D eigenvalue weighted by Crippen LogP contribution is 2.30. The topological polar surface area (TPSA) is 107 Å². The van der Waals surface area contributed by atoms with E-state index in [0.717, 1.165) is 35.8 Å². The summed E-state index contributed by atoms with van der Waals surface area (Å²) < 4.78 is 0. The Morgan fingerprint density at radius 1 is 0.912 bits per heavy atom. The van der Waals surface area contributed by atoms with Crippen LogP contribution in [0.25, 0.3) is 20.4 Å². The van der Waals surface area contributed by atoms with Crippen molar-refractivity contribution in [2.45, 2.75) is 20.4 Å². The van der Waals surface area contributed by atoms with Gasteiger partial charge in [-0.3, -0.25) is 10.1 Å². The fourth-order valence-electron chi connectivity index (χ4n) is 3.10. The number of hydrogen-bond acceptors (Lipinski definition) is 9. The summed E-state index contributed by atoms with van der Waals surface area (Å²) in [4.78, 5) is 30.6. The van der Waals surface area contributed by atoms with Crippen molar-refractivity contribution in [1.29, 1.82) is 0 Å². The largest absolute Gasteiger partial charge is 0.365 e. The smallest absolute Gasteiger partial charge is 0.269 e. The van der Waals surface area contributed by atoms with Gasteiger partial charge in [-0.15, -0.1) is 22.7 Å². The van der Waals surface area contributed by atoms with Crippen LogP contribution in [0.4, 0.5) is 11.5 Å². The Morgan fingerprint density at radius 2 is 1.53 bits per heavy atom. The summed E-state index contributed by atoms with van der Waals surface area (Å²) >= 11 is 20.5. The Morgan fingerprint density at radius 3 is 2.21 bits per heavy atom. The Kier molecular flexibility index (Phi) is 7.44. The number of non-ortho nitro benzene ring substituents is 1. The van der Waals surface area contributed by atoms with E-state index < -0.39 is 4.92 Å². The number of halogens is 3. The molecule has 0 amide bonds. The summed E-state index contributed by atoms with van der Waals surface area (Å²) in [6.45, 7) is 4.40. The summed E-state index contributed by atoms with van der Waals surface area (Å²) in [5.41, 5.74) is 0.862. The predicted molar refractivity (Wildman–Crippen MR) is 140 cm³/mol. The lowest BCUT2D eigenvalue weighted by atomic mass is 10.2. The molecule has 4 aromatic heterocycles. The van der Waals surface area contributed by atoms with Crippen LogP contribution in [-0.2, 0) is 6.54 Å². The summed E-state index contributed by atoms with van der Waals surface area (Å²) in [6, 6.07) is 10.4. The molecule has 13 heteroatoms. The average molecular weight is 554 g/mol. The Balaban J connectivity index is 0.000000192. The number of anilines is 1.